The molecule has 1 aromatic heterocycles. The lowest BCUT2D eigenvalue weighted by Gasteiger charge is -2.06. The highest BCUT2D eigenvalue weighted by atomic mass is 16.4. The molecule has 0 amide bonds. The summed E-state index contributed by atoms with van der Waals surface area (Å²) < 4.78 is 5.62. The number of nitrogens with zero attached hydrogens (tertiary/aromatic N) is 1. The van der Waals surface area contributed by atoms with Gasteiger partial charge in [0.1, 0.15) is 5.76 Å². The van der Waals surface area contributed by atoms with Gasteiger partial charge < -0.3 is 9.73 Å². The Kier molecular flexibility index (Phi) is 4.14. The van der Waals surface area contributed by atoms with Gasteiger partial charge in [-0.2, -0.15) is 0 Å². The van der Waals surface area contributed by atoms with Crippen molar-refractivity contribution in [2.24, 2.45) is 5.92 Å². The van der Waals surface area contributed by atoms with E-state index in [2.05, 4.69) is 31.1 Å². The molecule has 0 aromatic carbocycles. The van der Waals surface area contributed by atoms with Crippen LogP contribution in [0.25, 0.3) is 0 Å². The van der Waals surface area contributed by atoms with E-state index in [9.17, 15) is 0 Å². The quantitative estimate of drug-likeness (QED) is 0.783. The minimum absolute atomic E-state index is 0.440. The van der Waals surface area contributed by atoms with Crippen LogP contribution < -0.4 is 5.32 Å². The topological polar surface area (TPSA) is 38.1 Å². The zero-order chi connectivity index (χ0) is 10.6. The summed E-state index contributed by atoms with van der Waals surface area (Å²) in [6, 6.07) is 0.440. The number of hydrogen-bond donors (Lipinski definition) is 1. The number of rotatable bonds is 5. The van der Waals surface area contributed by atoms with Gasteiger partial charge in [-0.1, -0.05) is 13.8 Å². The molecule has 14 heavy (non-hydrogen) atoms. The molecule has 1 aromatic rings. The maximum atomic E-state index is 5.62. The van der Waals surface area contributed by atoms with Gasteiger partial charge in [0.2, 0.25) is 0 Å². The second-order valence-corrected chi connectivity index (χ2v) is 4.21. The molecule has 1 heterocycles. The minimum atomic E-state index is 0.440. The minimum Gasteiger partial charge on any atom is -0.446 e. The third kappa shape index (κ3) is 3.50. The predicted octanol–water partition coefficient (Wildman–Crippen LogP) is 2.02. The summed E-state index contributed by atoms with van der Waals surface area (Å²) in [5.41, 5.74) is 0. The average Bonchev–Trinajstić information content (AvgIpc) is 2.51. The maximum absolute atomic E-state index is 5.62. The van der Waals surface area contributed by atoms with E-state index < -0.39 is 0 Å². The molecule has 80 valence electrons. The molecule has 0 aliphatic carbocycles. The van der Waals surface area contributed by atoms with Crippen molar-refractivity contribution in [3.8, 4) is 0 Å². The van der Waals surface area contributed by atoms with Crippen LogP contribution in [0.1, 0.15) is 32.4 Å². The van der Waals surface area contributed by atoms with E-state index in [1.807, 2.05) is 13.2 Å². The van der Waals surface area contributed by atoms with Crippen LogP contribution in [-0.4, -0.2) is 18.1 Å². The Morgan fingerprint density at radius 1 is 1.36 bits per heavy atom. The van der Waals surface area contributed by atoms with Crippen molar-refractivity contribution in [1.82, 2.24) is 10.3 Å². The zero-order valence-corrected chi connectivity index (χ0v) is 9.50. The number of oxazole rings is 1. The molecule has 0 aliphatic rings. The van der Waals surface area contributed by atoms with Gasteiger partial charge in [-0.3, -0.25) is 0 Å². The number of likely N-dealkylation sites (N-methyl/N-ethyl adjacent to an activating group) is 1. The molecule has 3 heteroatoms. The molecular weight excluding hydrogens is 176 g/mol. The van der Waals surface area contributed by atoms with Crippen molar-refractivity contribution in [3.63, 3.8) is 0 Å². The van der Waals surface area contributed by atoms with Crippen LogP contribution in [0.4, 0.5) is 0 Å². The fourth-order valence-electron chi connectivity index (χ4n) is 1.29. The Labute approximate surface area is 85.9 Å². The predicted molar refractivity (Wildman–Crippen MR) is 57.3 cm³/mol. The monoisotopic (exact) mass is 196 g/mol. The lowest BCUT2D eigenvalue weighted by Crippen LogP contribution is -2.23. The van der Waals surface area contributed by atoms with Crippen molar-refractivity contribution in [2.45, 2.75) is 39.7 Å². The average molecular weight is 196 g/mol. The van der Waals surface area contributed by atoms with E-state index in [1.165, 1.54) is 0 Å². The van der Waals surface area contributed by atoms with E-state index in [1.54, 1.807) is 0 Å². The van der Waals surface area contributed by atoms with Gasteiger partial charge in [-0.05, 0) is 19.9 Å². The van der Waals surface area contributed by atoms with Crippen LogP contribution in [0.2, 0.25) is 0 Å². The van der Waals surface area contributed by atoms with Crippen LogP contribution in [0.3, 0.4) is 0 Å². The fourth-order valence-corrected chi connectivity index (χ4v) is 1.29. The Hall–Kier alpha value is -0.830. The van der Waals surface area contributed by atoms with Crippen LogP contribution in [-0.2, 0) is 12.8 Å². The number of nitrogens with one attached hydrogen (secondary N) is 1. The van der Waals surface area contributed by atoms with Gasteiger partial charge in [0.25, 0.3) is 0 Å². The molecule has 0 aliphatic heterocycles. The first-order chi connectivity index (χ1) is 6.61. The Morgan fingerprint density at radius 3 is 2.64 bits per heavy atom. The molecule has 1 atom stereocenters. The molecule has 1 unspecified atom stereocenters. The molecule has 0 spiro atoms. The molecule has 0 fully saturated rings. The summed E-state index contributed by atoms with van der Waals surface area (Å²) in [4.78, 5) is 4.25. The zero-order valence-electron chi connectivity index (χ0n) is 9.50. The first-order valence-corrected chi connectivity index (χ1v) is 5.22. The largest absolute Gasteiger partial charge is 0.446 e. The summed E-state index contributed by atoms with van der Waals surface area (Å²) in [5.74, 6) is 2.43. The van der Waals surface area contributed by atoms with Crippen molar-refractivity contribution in [3.05, 3.63) is 17.8 Å². The molecule has 0 radical (unpaired) electrons. The van der Waals surface area contributed by atoms with Crippen molar-refractivity contribution in [2.75, 3.05) is 7.05 Å². The van der Waals surface area contributed by atoms with E-state index in [0.29, 0.717) is 12.0 Å². The Balaban J connectivity index is 2.50. The van der Waals surface area contributed by atoms with Gasteiger partial charge >= 0.3 is 0 Å². The van der Waals surface area contributed by atoms with Crippen molar-refractivity contribution in [1.29, 1.82) is 0 Å². The Bertz CT molecular complexity index is 268. The molecule has 1 rings (SSSR count). The molecule has 3 nitrogen and oxygen atoms in total. The van der Waals surface area contributed by atoms with E-state index in [4.69, 9.17) is 4.42 Å². The fraction of sp³-hybridized carbons (Fsp3) is 0.727. The second kappa shape index (κ2) is 5.15. The summed E-state index contributed by atoms with van der Waals surface area (Å²) in [7, 11) is 1.95. The lowest BCUT2D eigenvalue weighted by molar-refractivity contribution is 0.413. The maximum Gasteiger partial charge on any atom is 0.194 e. The van der Waals surface area contributed by atoms with Gasteiger partial charge in [0.05, 0.1) is 6.20 Å². The van der Waals surface area contributed by atoms with Crippen molar-refractivity contribution < 1.29 is 4.42 Å². The third-order valence-electron chi connectivity index (χ3n) is 2.18. The summed E-state index contributed by atoms with van der Waals surface area (Å²) in [6.45, 7) is 6.46. The summed E-state index contributed by atoms with van der Waals surface area (Å²) >= 11 is 0. The van der Waals surface area contributed by atoms with Gasteiger partial charge in [-0.25, -0.2) is 4.98 Å². The van der Waals surface area contributed by atoms with Crippen LogP contribution in [0, 0.1) is 5.92 Å². The van der Waals surface area contributed by atoms with Crippen molar-refractivity contribution >= 4 is 0 Å². The van der Waals surface area contributed by atoms with Crippen LogP contribution >= 0.6 is 0 Å². The number of aromatic nitrogens is 1. The molecular formula is C11H20N2O. The van der Waals surface area contributed by atoms with Gasteiger partial charge in [0, 0.05) is 18.9 Å². The smallest absolute Gasteiger partial charge is 0.194 e. The van der Waals surface area contributed by atoms with E-state index in [0.717, 1.165) is 24.5 Å². The van der Waals surface area contributed by atoms with Gasteiger partial charge in [0.15, 0.2) is 5.89 Å². The second-order valence-electron chi connectivity index (χ2n) is 4.21. The summed E-state index contributed by atoms with van der Waals surface area (Å²) in [6.07, 6.45) is 3.67. The molecule has 0 bridgehead atoms. The molecule has 1 N–H and O–H groups in total. The SMILES string of the molecule is CNC(C)Cc1cnc(CC(C)C)o1. The molecule has 0 saturated heterocycles. The van der Waals surface area contributed by atoms with Gasteiger partial charge in [-0.15, -0.1) is 0 Å². The highest BCUT2D eigenvalue weighted by molar-refractivity contribution is 4.96. The summed E-state index contributed by atoms with van der Waals surface area (Å²) in [5, 5.41) is 3.18. The van der Waals surface area contributed by atoms with E-state index >= 15 is 0 Å². The first kappa shape index (κ1) is 11.2. The Morgan fingerprint density at radius 2 is 2.07 bits per heavy atom. The van der Waals surface area contributed by atoms with Crippen LogP contribution in [0.5, 0.6) is 0 Å². The highest BCUT2D eigenvalue weighted by Gasteiger charge is 2.08. The molecule has 0 saturated carbocycles. The first-order valence-electron chi connectivity index (χ1n) is 5.22. The van der Waals surface area contributed by atoms with E-state index in [-0.39, 0.29) is 0 Å². The normalized spacial score (nSPS) is 13.5. The standard InChI is InChI=1S/C11H20N2O/c1-8(2)5-11-13-7-10(14-11)6-9(3)12-4/h7-9,12H,5-6H2,1-4H3. The third-order valence-corrected chi connectivity index (χ3v) is 2.18. The number of hydrogen-bond acceptors (Lipinski definition) is 3. The van der Waals surface area contributed by atoms with Crippen LogP contribution in [0.15, 0.2) is 10.6 Å². The highest BCUT2D eigenvalue weighted by Crippen LogP contribution is 2.10. The lowest BCUT2D eigenvalue weighted by atomic mass is 10.1.